The molecule has 0 saturated carbocycles. The molecule has 1 rings (SSSR count). The van der Waals surface area contributed by atoms with Gasteiger partial charge in [0, 0.05) is 5.33 Å². The fourth-order valence-corrected chi connectivity index (χ4v) is 1.67. The predicted octanol–water partition coefficient (Wildman–Crippen LogP) is 3.69. The van der Waals surface area contributed by atoms with Gasteiger partial charge in [0.05, 0.1) is 30.0 Å². The van der Waals surface area contributed by atoms with Crippen LogP contribution in [0.25, 0.3) is 0 Å². The van der Waals surface area contributed by atoms with Crippen molar-refractivity contribution in [2.75, 3.05) is 6.61 Å². The molecule has 0 radical (unpaired) electrons. The molecule has 0 aliphatic heterocycles. The minimum atomic E-state index is -0.262. The summed E-state index contributed by atoms with van der Waals surface area (Å²) in [4.78, 5) is 4.22. The first-order chi connectivity index (χ1) is 8.07. The second kappa shape index (κ2) is 6.61. The number of hydrogen-bond donors (Lipinski definition) is 0. The maximum absolute atomic E-state index is 8.86. The van der Waals surface area contributed by atoms with Crippen molar-refractivity contribution < 1.29 is 4.74 Å². The van der Waals surface area contributed by atoms with E-state index in [0.29, 0.717) is 6.61 Å². The number of pyridine rings is 1. The zero-order valence-electron chi connectivity index (χ0n) is 10.2. The number of aromatic nitrogens is 1. The van der Waals surface area contributed by atoms with Gasteiger partial charge in [-0.05, 0) is 38.8 Å². The van der Waals surface area contributed by atoms with Gasteiger partial charge in [0.2, 0.25) is 0 Å². The Balaban J connectivity index is 2.29. The van der Waals surface area contributed by atoms with Crippen molar-refractivity contribution in [1.82, 2.24) is 4.98 Å². The summed E-state index contributed by atoms with van der Waals surface area (Å²) >= 11 is 3.34. The molecular weight excluding hydrogens is 280 g/mol. The van der Waals surface area contributed by atoms with Crippen LogP contribution in [0.2, 0.25) is 0 Å². The Morgan fingerprint density at radius 1 is 1.47 bits per heavy atom. The number of ether oxygens (including phenoxy) is 1. The standard InChI is InChI=1S/C13H17BrN2O/c1-13(2,10-15)6-3-7-17-12-5-4-11(8-14)16-9-12/h4-5,9H,3,6-8H2,1-2H3. The summed E-state index contributed by atoms with van der Waals surface area (Å²) in [7, 11) is 0. The van der Waals surface area contributed by atoms with E-state index in [0.717, 1.165) is 29.6 Å². The lowest BCUT2D eigenvalue weighted by molar-refractivity contribution is 0.283. The van der Waals surface area contributed by atoms with Gasteiger partial charge in [-0.2, -0.15) is 5.26 Å². The van der Waals surface area contributed by atoms with Crippen molar-refractivity contribution in [3.63, 3.8) is 0 Å². The molecule has 17 heavy (non-hydrogen) atoms. The highest BCUT2D eigenvalue weighted by Gasteiger charge is 2.15. The average molecular weight is 297 g/mol. The Labute approximate surface area is 111 Å². The Morgan fingerprint density at radius 3 is 2.76 bits per heavy atom. The van der Waals surface area contributed by atoms with Crippen molar-refractivity contribution in [2.45, 2.75) is 32.0 Å². The molecule has 0 saturated heterocycles. The summed E-state index contributed by atoms with van der Waals surface area (Å²) in [6.45, 7) is 4.51. The van der Waals surface area contributed by atoms with Crippen LogP contribution in [0.15, 0.2) is 18.3 Å². The highest BCUT2D eigenvalue weighted by Crippen LogP contribution is 2.20. The minimum Gasteiger partial charge on any atom is -0.492 e. The zero-order chi connectivity index (χ0) is 12.7. The summed E-state index contributed by atoms with van der Waals surface area (Å²) in [6, 6.07) is 6.13. The Hall–Kier alpha value is -1.08. The van der Waals surface area contributed by atoms with Crippen LogP contribution in [0.3, 0.4) is 0 Å². The van der Waals surface area contributed by atoms with Gasteiger partial charge in [0.25, 0.3) is 0 Å². The molecule has 3 nitrogen and oxygen atoms in total. The zero-order valence-corrected chi connectivity index (χ0v) is 11.8. The quantitative estimate of drug-likeness (QED) is 0.594. The molecule has 0 aliphatic rings. The monoisotopic (exact) mass is 296 g/mol. The third-order valence-electron chi connectivity index (χ3n) is 2.45. The molecule has 1 aromatic rings. The molecule has 1 aromatic heterocycles. The van der Waals surface area contributed by atoms with E-state index in [2.05, 4.69) is 27.0 Å². The van der Waals surface area contributed by atoms with Gasteiger partial charge < -0.3 is 4.74 Å². The topological polar surface area (TPSA) is 45.9 Å². The van der Waals surface area contributed by atoms with Crippen LogP contribution in [0, 0.1) is 16.7 Å². The van der Waals surface area contributed by atoms with Gasteiger partial charge in [0.15, 0.2) is 0 Å². The van der Waals surface area contributed by atoms with Crippen molar-refractivity contribution in [3.8, 4) is 11.8 Å². The molecule has 0 bridgehead atoms. The van der Waals surface area contributed by atoms with Crippen LogP contribution in [0.4, 0.5) is 0 Å². The van der Waals surface area contributed by atoms with E-state index in [4.69, 9.17) is 10.00 Å². The van der Waals surface area contributed by atoms with Crippen LogP contribution >= 0.6 is 15.9 Å². The van der Waals surface area contributed by atoms with E-state index >= 15 is 0 Å². The van der Waals surface area contributed by atoms with E-state index in [9.17, 15) is 0 Å². The molecule has 0 aromatic carbocycles. The molecule has 0 aliphatic carbocycles. The first kappa shape index (κ1) is 14.0. The first-order valence-corrected chi connectivity index (χ1v) is 6.74. The number of rotatable bonds is 6. The van der Waals surface area contributed by atoms with Crippen LogP contribution in [-0.4, -0.2) is 11.6 Å². The van der Waals surface area contributed by atoms with Crippen LogP contribution in [0.1, 0.15) is 32.4 Å². The lowest BCUT2D eigenvalue weighted by Gasteiger charge is -2.14. The third kappa shape index (κ3) is 5.18. The molecule has 0 unspecified atom stereocenters. The molecule has 0 spiro atoms. The SMILES string of the molecule is CC(C)(C#N)CCCOc1ccc(CBr)nc1. The Kier molecular flexibility index (Phi) is 5.43. The number of nitrogens with zero attached hydrogens (tertiary/aromatic N) is 2. The maximum Gasteiger partial charge on any atom is 0.137 e. The van der Waals surface area contributed by atoms with E-state index in [1.54, 1.807) is 6.20 Å². The molecular formula is C13H17BrN2O. The highest BCUT2D eigenvalue weighted by atomic mass is 79.9. The molecule has 0 fully saturated rings. The van der Waals surface area contributed by atoms with Gasteiger partial charge in [-0.1, -0.05) is 15.9 Å². The Morgan fingerprint density at radius 2 is 2.24 bits per heavy atom. The van der Waals surface area contributed by atoms with Gasteiger partial charge in [-0.15, -0.1) is 0 Å². The summed E-state index contributed by atoms with van der Waals surface area (Å²) in [5.74, 6) is 0.782. The lowest BCUT2D eigenvalue weighted by Crippen LogP contribution is -2.10. The van der Waals surface area contributed by atoms with E-state index in [-0.39, 0.29) is 5.41 Å². The van der Waals surface area contributed by atoms with Gasteiger partial charge in [-0.25, -0.2) is 0 Å². The lowest BCUT2D eigenvalue weighted by atomic mass is 9.90. The smallest absolute Gasteiger partial charge is 0.137 e. The van der Waals surface area contributed by atoms with Crippen molar-refractivity contribution >= 4 is 15.9 Å². The summed E-state index contributed by atoms with van der Waals surface area (Å²) in [5.41, 5.74) is 0.726. The molecule has 92 valence electrons. The second-order valence-corrected chi connectivity index (χ2v) is 5.13. The van der Waals surface area contributed by atoms with Gasteiger partial charge in [-0.3, -0.25) is 4.98 Å². The van der Waals surface area contributed by atoms with Gasteiger partial charge >= 0.3 is 0 Å². The fourth-order valence-electron chi connectivity index (χ4n) is 1.34. The molecule has 0 N–H and O–H groups in total. The number of halogens is 1. The third-order valence-corrected chi connectivity index (χ3v) is 3.03. The fraction of sp³-hybridized carbons (Fsp3) is 0.538. The first-order valence-electron chi connectivity index (χ1n) is 5.62. The van der Waals surface area contributed by atoms with Crippen molar-refractivity contribution in [1.29, 1.82) is 5.26 Å². The molecule has 0 atom stereocenters. The predicted molar refractivity (Wildman–Crippen MR) is 71.0 cm³/mol. The summed E-state index contributed by atoms with van der Waals surface area (Å²) in [5, 5.41) is 9.62. The number of hydrogen-bond acceptors (Lipinski definition) is 3. The number of nitriles is 1. The van der Waals surface area contributed by atoms with Crippen molar-refractivity contribution in [2.24, 2.45) is 5.41 Å². The largest absolute Gasteiger partial charge is 0.492 e. The average Bonchev–Trinajstić information content (AvgIpc) is 2.35. The highest BCUT2D eigenvalue weighted by molar-refractivity contribution is 9.08. The molecule has 0 amide bonds. The maximum atomic E-state index is 8.86. The van der Waals surface area contributed by atoms with E-state index in [1.165, 1.54) is 0 Å². The molecule has 4 heteroatoms. The van der Waals surface area contributed by atoms with Gasteiger partial charge in [0.1, 0.15) is 5.75 Å². The van der Waals surface area contributed by atoms with Crippen molar-refractivity contribution in [3.05, 3.63) is 24.0 Å². The van der Waals surface area contributed by atoms with E-state index in [1.807, 2.05) is 26.0 Å². The minimum absolute atomic E-state index is 0.262. The normalized spacial score (nSPS) is 10.9. The summed E-state index contributed by atoms with van der Waals surface area (Å²) < 4.78 is 5.56. The van der Waals surface area contributed by atoms with Crippen LogP contribution < -0.4 is 4.74 Å². The number of alkyl halides is 1. The molecule has 1 heterocycles. The Bertz CT molecular complexity index is 381. The second-order valence-electron chi connectivity index (χ2n) is 4.57. The van der Waals surface area contributed by atoms with E-state index < -0.39 is 0 Å². The summed E-state index contributed by atoms with van der Waals surface area (Å²) in [6.07, 6.45) is 3.45. The van der Waals surface area contributed by atoms with Crippen LogP contribution in [-0.2, 0) is 5.33 Å². The van der Waals surface area contributed by atoms with Crippen LogP contribution in [0.5, 0.6) is 5.75 Å².